The van der Waals surface area contributed by atoms with Crippen molar-refractivity contribution in [3.63, 3.8) is 0 Å². The zero-order chi connectivity index (χ0) is 15.2. The molecule has 110 valence electrons. The lowest BCUT2D eigenvalue weighted by Crippen LogP contribution is -2.39. The van der Waals surface area contributed by atoms with Gasteiger partial charge in [0.25, 0.3) is 5.91 Å². The molecule has 0 radical (unpaired) electrons. The zero-order valence-corrected chi connectivity index (χ0v) is 11.7. The molecule has 0 aliphatic heterocycles. The number of nitrogens with zero attached hydrogens (tertiary/aromatic N) is 4. The average molecular weight is 289 g/mol. The number of benzene rings is 1. The lowest BCUT2D eigenvalue weighted by atomic mass is 10.2. The van der Waals surface area contributed by atoms with Gasteiger partial charge in [-0.25, -0.2) is 9.48 Å². The maximum absolute atomic E-state index is 12.0. The van der Waals surface area contributed by atoms with Crippen molar-refractivity contribution < 1.29 is 14.3 Å². The van der Waals surface area contributed by atoms with E-state index in [-0.39, 0.29) is 12.5 Å². The Balaban J connectivity index is 2.02. The molecule has 1 atom stereocenters. The summed E-state index contributed by atoms with van der Waals surface area (Å²) in [4.78, 5) is 23.5. The predicted molar refractivity (Wildman–Crippen MR) is 72.7 cm³/mol. The molecule has 0 fully saturated rings. The average Bonchev–Trinajstić information content (AvgIpc) is 3.01. The van der Waals surface area contributed by atoms with Gasteiger partial charge in [-0.05, 0) is 48.5 Å². The minimum Gasteiger partial charge on any atom is -0.464 e. The zero-order valence-electron chi connectivity index (χ0n) is 11.7. The lowest BCUT2D eigenvalue weighted by Gasteiger charge is -2.12. The molecular formula is C13H15N5O3. The topological polar surface area (TPSA) is 99.0 Å². The normalized spacial score (nSPS) is 11.7. The Kier molecular flexibility index (Phi) is 4.60. The third-order valence-electron chi connectivity index (χ3n) is 2.73. The summed E-state index contributed by atoms with van der Waals surface area (Å²) in [6, 6.07) is 5.98. The quantitative estimate of drug-likeness (QED) is 0.797. The summed E-state index contributed by atoms with van der Waals surface area (Å²) in [5.41, 5.74) is 1.16. The fourth-order valence-corrected chi connectivity index (χ4v) is 1.65. The lowest BCUT2D eigenvalue weighted by molar-refractivity contribution is -0.144. The smallest absolute Gasteiger partial charge is 0.328 e. The number of esters is 1. The number of aromatic nitrogens is 4. The largest absolute Gasteiger partial charge is 0.464 e. The molecule has 1 amide bonds. The van der Waals surface area contributed by atoms with Crippen LogP contribution in [0.1, 0.15) is 24.2 Å². The molecule has 8 heteroatoms. The van der Waals surface area contributed by atoms with Gasteiger partial charge < -0.3 is 10.1 Å². The summed E-state index contributed by atoms with van der Waals surface area (Å²) >= 11 is 0. The number of nitrogens with one attached hydrogen (secondary N) is 1. The summed E-state index contributed by atoms with van der Waals surface area (Å²) in [5.74, 6) is -0.810. The van der Waals surface area contributed by atoms with Crippen molar-refractivity contribution in [2.45, 2.75) is 19.9 Å². The van der Waals surface area contributed by atoms with Crippen LogP contribution in [0.5, 0.6) is 0 Å². The van der Waals surface area contributed by atoms with E-state index in [1.54, 1.807) is 38.1 Å². The second-order valence-corrected chi connectivity index (χ2v) is 4.25. The predicted octanol–water partition coefficient (Wildman–Crippen LogP) is 0.344. The molecule has 1 heterocycles. The molecule has 21 heavy (non-hydrogen) atoms. The highest BCUT2D eigenvalue weighted by molar-refractivity contribution is 5.96. The van der Waals surface area contributed by atoms with Crippen LogP contribution in [0, 0.1) is 0 Å². The number of amides is 1. The second-order valence-electron chi connectivity index (χ2n) is 4.25. The highest BCUT2D eigenvalue weighted by atomic mass is 16.5. The van der Waals surface area contributed by atoms with Crippen LogP contribution in [0.2, 0.25) is 0 Å². The molecule has 0 aliphatic carbocycles. The van der Waals surface area contributed by atoms with Crippen LogP contribution in [0.25, 0.3) is 5.69 Å². The molecule has 1 aromatic heterocycles. The van der Waals surface area contributed by atoms with E-state index in [1.165, 1.54) is 11.0 Å². The first-order valence-corrected chi connectivity index (χ1v) is 6.42. The van der Waals surface area contributed by atoms with E-state index >= 15 is 0 Å². The maximum Gasteiger partial charge on any atom is 0.328 e. The number of rotatable bonds is 5. The molecule has 2 rings (SSSR count). The van der Waals surface area contributed by atoms with Crippen molar-refractivity contribution >= 4 is 11.9 Å². The first-order chi connectivity index (χ1) is 10.1. The highest BCUT2D eigenvalue weighted by Gasteiger charge is 2.17. The van der Waals surface area contributed by atoms with Gasteiger partial charge in [0, 0.05) is 5.56 Å². The summed E-state index contributed by atoms with van der Waals surface area (Å²) in [5, 5.41) is 13.4. The first kappa shape index (κ1) is 14.6. The minimum absolute atomic E-state index is 0.277. The van der Waals surface area contributed by atoms with E-state index < -0.39 is 12.0 Å². The van der Waals surface area contributed by atoms with Crippen LogP contribution in [0.15, 0.2) is 30.6 Å². The molecule has 1 N–H and O–H groups in total. The van der Waals surface area contributed by atoms with Crippen molar-refractivity contribution in [2.24, 2.45) is 0 Å². The monoisotopic (exact) mass is 289 g/mol. The standard InChI is InChI=1S/C13H15N5O3/c1-3-21-13(20)9(2)15-12(19)10-4-6-11(7-5-10)18-8-14-16-17-18/h4-9H,3H2,1-2H3,(H,15,19). The van der Waals surface area contributed by atoms with Crippen LogP contribution in [-0.4, -0.2) is 44.7 Å². The molecule has 0 saturated carbocycles. The summed E-state index contributed by atoms with van der Waals surface area (Å²) < 4.78 is 6.30. The molecule has 1 aromatic carbocycles. The van der Waals surface area contributed by atoms with E-state index in [0.717, 1.165) is 5.69 Å². The molecule has 8 nitrogen and oxygen atoms in total. The van der Waals surface area contributed by atoms with Crippen LogP contribution in [0.4, 0.5) is 0 Å². The van der Waals surface area contributed by atoms with Crippen LogP contribution < -0.4 is 5.32 Å². The van der Waals surface area contributed by atoms with Crippen molar-refractivity contribution in [3.05, 3.63) is 36.2 Å². The van der Waals surface area contributed by atoms with Gasteiger partial charge in [0.15, 0.2) is 0 Å². The molecule has 0 aliphatic rings. The molecule has 0 spiro atoms. The third kappa shape index (κ3) is 3.62. The maximum atomic E-state index is 12.0. The van der Waals surface area contributed by atoms with E-state index in [0.29, 0.717) is 5.56 Å². The number of tetrazole rings is 1. The second kappa shape index (κ2) is 6.60. The fourth-order valence-electron chi connectivity index (χ4n) is 1.65. The van der Waals surface area contributed by atoms with E-state index in [4.69, 9.17) is 4.74 Å². The van der Waals surface area contributed by atoms with Gasteiger partial charge in [0.1, 0.15) is 12.4 Å². The minimum atomic E-state index is -0.698. The molecule has 0 bridgehead atoms. The third-order valence-corrected chi connectivity index (χ3v) is 2.73. The Morgan fingerprint density at radius 2 is 2.05 bits per heavy atom. The molecule has 0 saturated heterocycles. The Labute approximate surface area is 121 Å². The van der Waals surface area contributed by atoms with Gasteiger partial charge >= 0.3 is 5.97 Å². The number of carbonyl (C=O) groups is 2. The molecule has 1 unspecified atom stereocenters. The van der Waals surface area contributed by atoms with Crippen LogP contribution >= 0.6 is 0 Å². The van der Waals surface area contributed by atoms with E-state index in [1.807, 2.05) is 0 Å². The summed E-state index contributed by atoms with van der Waals surface area (Å²) in [7, 11) is 0. The Morgan fingerprint density at radius 1 is 1.33 bits per heavy atom. The van der Waals surface area contributed by atoms with Crippen molar-refractivity contribution in [1.29, 1.82) is 0 Å². The van der Waals surface area contributed by atoms with Crippen molar-refractivity contribution in [2.75, 3.05) is 6.61 Å². The Morgan fingerprint density at radius 3 is 2.62 bits per heavy atom. The SMILES string of the molecule is CCOC(=O)C(C)NC(=O)c1ccc(-n2cnnn2)cc1. The molecule has 2 aromatic rings. The van der Waals surface area contributed by atoms with Crippen molar-refractivity contribution in [1.82, 2.24) is 25.5 Å². The van der Waals surface area contributed by atoms with Gasteiger partial charge in [-0.3, -0.25) is 4.79 Å². The van der Waals surface area contributed by atoms with Gasteiger partial charge in [0.05, 0.1) is 12.3 Å². The van der Waals surface area contributed by atoms with Crippen LogP contribution in [0.3, 0.4) is 0 Å². The van der Waals surface area contributed by atoms with Gasteiger partial charge in [-0.15, -0.1) is 5.10 Å². The fraction of sp³-hybridized carbons (Fsp3) is 0.308. The number of ether oxygens (including phenoxy) is 1. The number of hydrogen-bond acceptors (Lipinski definition) is 6. The number of carbonyl (C=O) groups excluding carboxylic acids is 2. The van der Waals surface area contributed by atoms with Crippen molar-refractivity contribution in [3.8, 4) is 5.69 Å². The summed E-state index contributed by atoms with van der Waals surface area (Å²) in [6.45, 7) is 3.56. The van der Waals surface area contributed by atoms with Gasteiger partial charge in [0.2, 0.25) is 0 Å². The molecular weight excluding hydrogens is 274 g/mol. The Bertz CT molecular complexity index is 609. The first-order valence-electron chi connectivity index (χ1n) is 6.42. The highest BCUT2D eigenvalue weighted by Crippen LogP contribution is 2.08. The van der Waals surface area contributed by atoms with E-state index in [2.05, 4.69) is 20.8 Å². The summed E-state index contributed by atoms with van der Waals surface area (Å²) in [6.07, 6.45) is 1.46. The van der Waals surface area contributed by atoms with E-state index in [9.17, 15) is 9.59 Å². The number of hydrogen-bond donors (Lipinski definition) is 1. The van der Waals surface area contributed by atoms with Crippen LogP contribution in [-0.2, 0) is 9.53 Å². The van der Waals surface area contributed by atoms with Gasteiger partial charge in [-0.2, -0.15) is 0 Å². The Hall–Kier alpha value is -2.77. The van der Waals surface area contributed by atoms with Gasteiger partial charge in [-0.1, -0.05) is 0 Å².